The third-order valence-corrected chi connectivity index (χ3v) is 3.93. The van der Waals surface area contributed by atoms with Crippen LogP contribution >= 0.6 is 0 Å². The molecule has 2 N–H and O–H groups in total. The van der Waals surface area contributed by atoms with Crippen LogP contribution in [0.15, 0.2) is 18.2 Å². The van der Waals surface area contributed by atoms with Gasteiger partial charge in [0, 0.05) is 6.54 Å². The molecule has 96 valence electrons. The van der Waals surface area contributed by atoms with Gasteiger partial charge in [0.25, 0.3) is 0 Å². The van der Waals surface area contributed by atoms with Crippen molar-refractivity contribution in [2.45, 2.75) is 25.3 Å². The minimum absolute atomic E-state index is 0.0636. The van der Waals surface area contributed by atoms with Crippen molar-refractivity contribution >= 4 is 5.91 Å². The highest BCUT2D eigenvalue weighted by Gasteiger charge is 2.28. The number of hydrogen-bond donors (Lipinski definition) is 2. The molecule has 2 unspecified atom stereocenters. The van der Waals surface area contributed by atoms with Gasteiger partial charge in [-0.2, -0.15) is 0 Å². The van der Waals surface area contributed by atoms with E-state index in [4.69, 9.17) is 0 Å². The van der Waals surface area contributed by atoms with Crippen LogP contribution in [0.4, 0.5) is 4.39 Å². The minimum Gasteiger partial charge on any atom is -0.349 e. The summed E-state index contributed by atoms with van der Waals surface area (Å²) < 4.78 is 13.1. The summed E-state index contributed by atoms with van der Waals surface area (Å²) >= 11 is 0. The van der Waals surface area contributed by atoms with Crippen molar-refractivity contribution < 1.29 is 9.18 Å². The van der Waals surface area contributed by atoms with Crippen molar-refractivity contribution in [1.29, 1.82) is 0 Å². The molecule has 18 heavy (non-hydrogen) atoms. The molecular formula is C14H17FN2O. The molecule has 1 aromatic rings. The topological polar surface area (TPSA) is 41.1 Å². The van der Waals surface area contributed by atoms with Crippen molar-refractivity contribution in [2.24, 2.45) is 5.92 Å². The van der Waals surface area contributed by atoms with Gasteiger partial charge >= 0.3 is 0 Å². The molecule has 0 spiro atoms. The molecule has 2 atom stereocenters. The number of aryl methyl sites for hydroxylation is 1. The second kappa shape index (κ2) is 4.69. The number of carbonyl (C=O) groups is 1. The van der Waals surface area contributed by atoms with Gasteiger partial charge in [-0.15, -0.1) is 0 Å². The van der Waals surface area contributed by atoms with E-state index in [-0.39, 0.29) is 23.7 Å². The summed E-state index contributed by atoms with van der Waals surface area (Å²) in [6.07, 6.45) is 2.64. The number of nitrogens with one attached hydrogen (secondary N) is 2. The van der Waals surface area contributed by atoms with Crippen LogP contribution < -0.4 is 10.6 Å². The molecule has 3 rings (SSSR count). The van der Waals surface area contributed by atoms with E-state index in [1.54, 1.807) is 12.1 Å². The smallest absolute Gasteiger partial charge is 0.224 e. The van der Waals surface area contributed by atoms with E-state index < -0.39 is 0 Å². The summed E-state index contributed by atoms with van der Waals surface area (Å²) in [7, 11) is 0. The quantitative estimate of drug-likeness (QED) is 0.833. The summed E-state index contributed by atoms with van der Waals surface area (Å²) in [6.45, 7) is 1.69. The van der Waals surface area contributed by atoms with Crippen molar-refractivity contribution in [1.82, 2.24) is 10.6 Å². The molecule has 4 heteroatoms. The summed E-state index contributed by atoms with van der Waals surface area (Å²) in [6, 6.07) is 4.92. The molecule has 1 aromatic carbocycles. The van der Waals surface area contributed by atoms with Gasteiger partial charge in [0.15, 0.2) is 0 Å². The number of hydrogen-bond acceptors (Lipinski definition) is 2. The Balaban J connectivity index is 1.70. The monoisotopic (exact) mass is 248 g/mol. The molecule has 0 saturated carbocycles. The van der Waals surface area contributed by atoms with Crippen molar-refractivity contribution in [3.05, 3.63) is 35.1 Å². The molecule has 0 radical (unpaired) electrons. The molecule has 2 aliphatic rings. The predicted molar refractivity (Wildman–Crippen MR) is 66.6 cm³/mol. The zero-order chi connectivity index (χ0) is 12.5. The van der Waals surface area contributed by atoms with Crippen molar-refractivity contribution in [2.75, 3.05) is 13.1 Å². The molecular weight excluding hydrogens is 231 g/mol. The first-order chi connectivity index (χ1) is 8.74. The first-order valence-electron chi connectivity index (χ1n) is 6.53. The molecule has 0 aromatic heterocycles. The SMILES string of the molecule is O=C(NC1CCc2cc(F)ccc21)C1CCNC1. The molecule has 0 bridgehead atoms. The lowest BCUT2D eigenvalue weighted by Crippen LogP contribution is -2.34. The largest absolute Gasteiger partial charge is 0.349 e. The lowest BCUT2D eigenvalue weighted by atomic mass is 10.1. The Morgan fingerprint density at radius 1 is 1.39 bits per heavy atom. The molecule has 1 saturated heterocycles. The van der Waals surface area contributed by atoms with E-state index in [2.05, 4.69) is 10.6 Å². The Hall–Kier alpha value is -1.42. The second-order valence-corrected chi connectivity index (χ2v) is 5.13. The van der Waals surface area contributed by atoms with Crippen LogP contribution in [0.2, 0.25) is 0 Å². The molecule has 1 fully saturated rings. The fraction of sp³-hybridized carbons (Fsp3) is 0.500. The lowest BCUT2D eigenvalue weighted by molar-refractivity contribution is -0.125. The third-order valence-electron chi connectivity index (χ3n) is 3.93. The lowest BCUT2D eigenvalue weighted by Gasteiger charge is -2.17. The van der Waals surface area contributed by atoms with Crippen LogP contribution in [0.25, 0.3) is 0 Å². The van der Waals surface area contributed by atoms with Crippen LogP contribution in [0.1, 0.15) is 30.0 Å². The van der Waals surface area contributed by atoms with Crippen LogP contribution in [-0.4, -0.2) is 19.0 Å². The number of benzene rings is 1. The molecule has 1 aliphatic carbocycles. The van der Waals surface area contributed by atoms with E-state index in [9.17, 15) is 9.18 Å². The number of rotatable bonds is 2. The Bertz CT molecular complexity index is 469. The zero-order valence-electron chi connectivity index (χ0n) is 10.2. The van der Waals surface area contributed by atoms with Crippen LogP contribution in [-0.2, 0) is 11.2 Å². The third kappa shape index (κ3) is 2.12. The number of halogens is 1. The van der Waals surface area contributed by atoms with Crippen LogP contribution in [0.5, 0.6) is 0 Å². The summed E-state index contributed by atoms with van der Waals surface area (Å²) in [5.41, 5.74) is 2.11. The minimum atomic E-state index is -0.194. The van der Waals surface area contributed by atoms with Gasteiger partial charge in [-0.3, -0.25) is 4.79 Å². The average molecular weight is 248 g/mol. The van der Waals surface area contributed by atoms with Gasteiger partial charge in [0.2, 0.25) is 5.91 Å². The summed E-state index contributed by atoms with van der Waals surface area (Å²) in [4.78, 5) is 12.1. The Kier molecular flexibility index (Phi) is 3.04. The van der Waals surface area contributed by atoms with Gasteiger partial charge < -0.3 is 10.6 Å². The number of carbonyl (C=O) groups excluding carboxylic acids is 1. The highest BCUT2D eigenvalue weighted by atomic mass is 19.1. The van der Waals surface area contributed by atoms with E-state index >= 15 is 0 Å². The maximum Gasteiger partial charge on any atom is 0.224 e. The standard InChI is InChI=1S/C14H17FN2O/c15-11-2-3-12-9(7-11)1-4-13(12)17-14(18)10-5-6-16-8-10/h2-3,7,10,13,16H,1,4-6,8H2,(H,17,18). The van der Waals surface area contributed by atoms with Gasteiger partial charge in [0.1, 0.15) is 5.82 Å². The molecule has 1 heterocycles. The summed E-state index contributed by atoms with van der Waals surface area (Å²) in [5.74, 6) is 0.0254. The van der Waals surface area contributed by atoms with E-state index in [1.165, 1.54) is 6.07 Å². The number of fused-ring (bicyclic) bond motifs is 1. The Morgan fingerprint density at radius 3 is 3.06 bits per heavy atom. The Morgan fingerprint density at radius 2 is 2.28 bits per heavy atom. The van der Waals surface area contributed by atoms with E-state index in [1.807, 2.05) is 0 Å². The van der Waals surface area contributed by atoms with Crippen LogP contribution in [0, 0.1) is 11.7 Å². The Labute approximate surface area is 106 Å². The first kappa shape index (κ1) is 11.7. The summed E-state index contributed by atoms with van der Waals surface area (Å²) in [5, 5.41) is 6.29. The molecule has 1 amide bonds. The maximum absolute atomic E-state index is 13.1. The van der Waals surface area contributed by atoms with Gasteiger partial charge in [-0.1, -0.05) is 6.07 Å². The van der Waals surface area contributed by atoms with Gasteiger partial charge in [0.05, 0.1) is 12.0 Å². The highest BCUT2D eigenvalue weighted by Crippen LogP contribution is 2.31. The average Bonchev–Trinajstić information content (AvgIpc) is 2.98. The van der Waals surface area contributed by atoms with Crippen molar-refractivity contribution in [3.8, 4) is 0 Å². The zero-order valence-corrected chi connectivity index (χ0v) is 10.2. The highest BCUT2D eigenvalue weighted by molar-refractivity contribution is 5.79. The van der Waals surface area contributed by atoms with Crippen LogP contribution in [0.3, 0.4) is 0 Å². The van der Waals surface area contributed by atoms with E-state index in [0.717, 1.165) is 43.5 Å². The van der Waals surface area contributed by atoms with Gasteiger partial charge in [-0.05, 0) is 49.1 Å². The van der Waals surface area contributed by atoms with Crippen molar-refractivity contribution in [3.63, 3.8) is 0 Å². The normalized spacial score (nSPS) is 26.1. The maximum atomic E-state index is 13.1. The van der Waals surface area contributed by atoms with Gasteiger partial charge in [-0.25, -0.2) is 4.39 Å². The predicted octanol–water partition coefficient (Wildman–Crippen LogP) is 1.54. The number of amides is 1. The fourth-order valence-electron chi connectivity index (χ4n) is 2.90. The fourth-order valence-corrected chi connectivity index (χ4v) is 2.90. The van der Waals surface area contributed by atoms with E-state index in [0.29, 0.717) is 0 Å². The molecule has 1 aliphatic heterocycles. The molecule has 3 nitrogen and oxygen atoms in total. The first-order valence-corrected chi connectivity index (χ1v) is 6.53. The second-order valence-electron chi connectivity index (χ2n) is 5.13.